The van der Waals surface area contributed by atoms with E-state index < -0.39 is 0 Å². The number of hydrogen-bond acceptors (Lipinski definition) is 7. The molecule has 0 spiro atoms. The number of aromatic nitrogens is 3. The summed E-state index contributed by atoms with van der Waals surface area (Å²) in [6.45, 7) is 6.74. The molecule has 142 valence electrons. The monoisotopic (exact) mass is 376 g/mol. The van der Waals surface area contributed by atoms with Crippen LogP contribution < -0.4 is 10.9 Å². The van der Waals surface area contributed by atoms with E-state index in [0.29, 0.717) is 11.0 Å². The number of aryl methyl sites for hydroxylation is 1. The predicted octanol–water partition coefficient (Wildman–Crippen LogP) is 1.68. The van der Waals surface area contributed by atoms with Crippen molar-refractivity contribution in [3.05, 3.63) is 22.1 Å². The maximum atomic E-state index is 12.1. The smallest absolute Gasteiger partial charge is 0.275 e. The number of hydrogen-bond donors (Lipinski definition) is 1. The van der Waals surface area contributed by atoms with Crippen LogP contribution in [0, 0.1) is 0 Å². The summed E-state index contributed by atoms with van der Waals surface area (Å²) in [7, 11) is 2.22. The molecule has 0 aliphatic carbocycles. The Balaban J connectivity index is 1.36. The lowest BCUT2D eigenvalue weighted by atomic mass is 9.98. The zero-order valence-corrected chi connectivity index (χ0v) is 16.5. The largest absolute Gasteiger partial charge is 0.357 e. The van der Waals surface area contributed by atoms with Gasteiger partial charge in [0.15, 0.2) is 0 Å². The number of likely N-dealkylation sites (tertiary alicyclic amines) is 2. The van der Waals surface area contributed by atoms with Gasteiger partial charge in [0.05, 0.1) is 0 Å². The number of rotatable bonds is 4. The van der Waals surface area contributed by atoms with Crippen molar-refractivity contribution in [3.63, 3.8) is 0 Å². The SMILES string of the molecule is CCc1cc(=O)n2nc(NC3CCN(C4CCN(C)CC4)CC3)sc2n1. The maximum absolute atomic E-state index is 12.1. The minimum Gasteiger partial charge on any atom is -0.357 e. The third kappa shape index (κ3) is 3.77. The second-order valence-corrected chi connectivity index (χ2v) is 8.49. The topological polar surface area (TPSA) is 65.8 Å². The van der Waals surface area contributed by atoms with Crippen molar-refractivity contribution in [2.75, 3.05) is 38.5 Å². The second kappa shape index (κ2) is 7.62. The molecule has 0 bridgehead atoms. The summed E-state index contributed by atoms with van der Waals surface area (Å²) >= 11 is 1.47. The molecule has 1 N–H and O–H groups in total. The summed E-state index contributed by atoms with van der Waals surface area (Å²) in [5.74, 6) is 0. The molecule has 2 fully saturated rings. The van der Waals surface area contributed by atoms with E-state index in [1.807, 2.05) is 6.92 Å². The van der Waals surface area contributed by atoms with E-state index in [4.69, 9.17) is 0 Å². The first kappa shape index (κ1) is 17.9. The molecule has 7 nitrogen and oxygen atoms in total. The Morgan fingerprint density at radius 1 is 1.19 bits per heavy atom. The Bertz CT molecular complexity index is 802. The quantitative estimate of drug-likeness (QED) is 0.876. The van der Waals surface area contributed by atoms with Gasteiger partial charge in [0, 0.05) is 36.9 Å². The number of piperidine rings is 2. The number of nitrogens with zero attached hydrogens (tertiary/aromatic N) is 5. The third-order valence-corrected chi connectivity index (χ3v) is 6.56. The first-order chi connectivity index (χ1) is 12.6. The summed E-state index contributed by atoms with van der Waals surface area (Å²) in [6.07, 6.45) is 5.61. The van der Waals surface area contributed by atoms with Crippen LogP contribution in [0.3, 0.4) is 0 Å². The maximum Gasteiger partial charge on any atom is 0.275 e. The van der Waals surface area contributed by atoms with Crippen molar-refractivity contribution < 1.29 is 0 Å². The fourth-order valence-corrected chi connectivity index (χ4v) is 4.94. The van der Waals surface area contributed by atoms with E-state index in [0.717, 1.165) is 49.2 Å². The van der Waals surface area contributed by atoms with E-state index in [9.17, 15) is 4.79 Å². The Kier molecular flexibility index (Phi) is 5.24. The molecule has 2 aromatic heterocycles. The van der Waals surface area contributed by atoms with Gasteiger partial charge in [-0.2, -0.15) is 4.52 Å². The van der Waals surface area contributed by atoms with Gasteiger partial charge < -0.3 is 15.1 Å². The van der Waals surface area contributed by atoms with Crippen LogP contribution >= 0.6 is 11.3 Å². The van der Waals surface area contributed by atoms with Gasteiger partial charge in [-0.1, -0.05) is 18.3 Å². The van der Waals surface area contributed by atoms with Gasteiger partial charge in [0.1, 0.15) is 0 Å². The van der Waals surface area contributed by atoms with Crippen LogP contribution in [0.25, 0.3) is 4.96 Å². The Morgan fingerprint density at radius 3 is 2.62 bits per heavy atom. The summed E-state index contributed by atoms with van der Waals surface area (Å²) in [5.41, 5.74) is 0.741. The molecule has 0 radical (unpaired) electrons. The fourth-order valence-electron chi connectivity index (χ4n) is 4.04. The van der Waals surface area contributed by atoms with Crippen LogP contribution in [-0.2, 0) is 6.42 Å². The predicted molar refractivity (Wildman–Crippen MR) is 105 cm³/mol. The van der Waals surface area contributed by atoms with Gasteiger partial charge in [-0.05, 0) is 52.2 Å². The highest BCUT2D eigenvalue weighted by Gasteiger charge is 2.27. The van der Waals surface area contributed by atoms with Crippen LogP contribution in [0.4, 0.5) is 5.13 Å². The lowest BCUT2D eigenvalue weighted by Gasteiger charge is -2.41. The van der Waals surface area contributed by atoms with Crippen LogP contribution in [0.15, 0.2) is 10.9 Å². The molecule has 26 heavy (non-hydrogen) atoms. The molecular weight excluding hydrogens is 348 g/mol. The van der Waals surface area contributed by atoms with E-state index in [2.05, 4.69) is 32.2 Å². The molecule has 0 atom stereocenters. The van der Waals surface area contributed by atoms with Crippen molar-refractivity contribution in [3.8, 4) is 0 Å². The Morgan fingerprint density at radius 2 is 1.92 bits per heavy atom. The Labute approximate surface area is 158 Å². The summed E-state index contributed by atoms with van der Waals surface area (Å²) in [5, 5.41) is 8.77. The zero-order valence-electron chi connectivity index (χ0n) is 15.6. The molecule has 2 aliphatic heterocycles. The number of fused-ring (bicyclic) bond motifs is 1. The second-order valence-electron chi connectivity index (χ2n) is 7.53. The lowest BCUT2D eigenvalue weighted by molar-refractivity contribution is 0.0994. The average Bonchev–Trinajstić information content (AvgIpc) is 3.06. The molecule has 2 aliphatic rings. The summed E-state index contributed by atoms with van der Waals surface area (Å²) < 4.78 is 1.42. The molecule has 0 saturated carbocycles. The molecular formula is C18H28N6OS. The zero-order chi connectivity index (χ0) is 18.1. The van der Waals surface area contributed by atoms with E-state index >= 15 is 0 Å². The van der Waals surface area contributed by atoms with Gasteiger partial charge >= 0.3 is 0 Å². The minimum atomic E-state index is -0.0896. The molecule has 0 aromatic carbocycles. The van der Waals surface area contributed by atoms with Crippen molar-refractivity contribution in [1.29, 1.82) is 0 Å². The minimum absolute atomic E-state index is 0.0896. The molecule has 2 aromatic rings. The number of anilines is 1. The standard InChI is InChI=1S/C18H28N6OS/c1-3-13-12-16(25)24-18(20-13)26-17(21-24)19-14-4-10-23(11-5-14)15-6-8-22(2)9-7-15/h12,14-15H,3-11H2,1-2H3,(H,19,21). The first-order valence-electron chi connectivity index (χ1n) is 9.71. The molecule has 0 amide bonds. The van der Waals surface area contributed by atoms with Gasteiger partial charge in [-0.15, -0.1) is 5.10 Å². The molecule has 8 heteroatoms. The van der Waals surface area contributed by atoms with Crippen LogP contribution in [0.2, 0.25) is 0 Å². The highest BCUT2D eigenvalue weighted by molar-refractivity contribution is 7.20. The van der Waals surface area contributed by atoms with Gasteiger partial charge in [-0.25, -0.2) is 4.98 Å². The van der Waals surface area contributed by atoms with Crippen molar-refractivity contribution >= 4 is 21.4 Å². The Hall–Kier alpha value is -1.51. The average molecular weight is 377 g/mol. The lowest BCUT2D eigenvalue weighted by Crippen LogP contribution is -2.48. The fraction of sp³-hybridized carbons (Fsp3) is 0.722. The summed E-state index contributed by atoms with van der Waals surface area (Å²) in [6, 6.07) is 2.76. The van der Waals surface area contributed by atoms with E-state index in [1.54, 1.807) is 6.07 Å². The number of nitrogens with one attached hydrogen (secondary N) is 1. The van der Waals surface area contributed by atoms with Crippen molar-refractivity contribution in [1.82, 2.24) is 24.4 Å². The summed E-state index contributed by atoms with van der Waals surface area (Å²) in [4.78, 5) is 22.4. The van der Waals surface area contributed by atoms with Gasteiger partial charge in [0.2, 0.25) is 10.1 Å². The van der Waals surface area contributed by atoms with E-state index in [1.165, 1.54) is 41.8 Å². The van der Waals surface area contributed by atoms with E-state index in [-0.39, 0.29) is 5.56 Å². The van der Waals surface area contributed by atoms with Gasteiger partial charge in [-0.3, -0.25) is 4.79 Å². The van der Waals surface area contributed by atoms with Crippen molar-refractivity contribution in [2.24, 2.45) is 0 Å². The normalized spacial score (nSPS) is 21.5. The highest BCUT2D eigenvalue weighted by Crippen LogP contribution is 2.24. The molecule has 0 unspecified atom stereocenters. The van der Waals surface area contributed by atoms with Crippen LogP contribution in [0.5, 0.6) is 0 Å². The van der Waals surface area contributed by atoms with Gasteiger partial charge in [0.25, 0.3) is 5.56 Å². The first-order valence-corrected chi connectivity index (χ1v) is 10.5. The van der Waals surface area contributed by atoms with Crippen molar-refractivity contribution in [2.45, 2.75) is 51.1 Å². The highest BCUT2D eigenvalue weighted by atomic mass is 32.1. The molecule has 2 saturated heterocycles. The van der Waals surface area contributed by atoms with Crippen LogP contribution in [-0.4, -0.2) is 69.7 Å². The third-order valence-electron chi connectivity index (χ3n) is 5.72. The molecule has 4 heterocycles. The molecule has 4 rings (SSSR count). The van der Waals surface area contributed by atoms with Crippen LogP contribution in [0.1, 0.15) is 38.3 Å².